The lowest BCUT2D eigenvalue weighted by molar-refractivity contribution is 0.179. The maximum absolute atomic E-state index is 8.72. The van der Waals surface area contributed by atoms with Crippen LogP contribution in [0.3, 0.4) is 0 Å². The summed E-state index contributed by atoms with van der Waals surface area (Å²) in [5.74, 6) is 0. The van der Waals surface area contributed by atoms with Gasteiger partial charge in [-0.2, -0.15) is 0 Å². The number of hydrogen-bond acceptors (Lipinski definition) is 3. The second kappa shape index (κ2) is 9.86. The second-order valence-electron chi connectivity index (χ2n) is 5.78. The Morgan fingerprint density at radius 3 is 2.24 bits per heavy atom. The largest absolute Gasteiger partial charge is 0.396 e. The van der Waals surface area contributed by atoms with Crippen molar-refractivity contribution in [1.82, 2.24) is 4.90 Å². The monoisotopic (exact) mass is 244 g/mol. The van der Waals surface area contributed by atoms with Crippen LogP contribution in [0.4, 0.5) is 0 Å². The molecule has 0 saturated heterocycles. The molecule has 0 rings (SSSR count). The number of rotatable bonds is 11. The van der Waals surface area contributed by atoms with Gasteiger partial charge in [0, 0.05) is 13.2 Å². The number of hydrogen-bond donors (Lipinski definition) is 2. The highest BCUT2D eigenvalue weighted by Gasteiger charge is 2.19. The summed E-state index contributed by atoms with van der Waals surface area (Å²) in [6.07, 6.45) is 5.76. The molecule has 17 heavy (non-hydrogen) atoms. The molecule has 0 heterocycles. The van der Waals surface area contributed by atoms with Crippen LogP contribution < -0.4 is 5.73 Å². The van der Waals surface area contributed by atoms with Gasteiger partial charge < -0.3 is 15.7 Å². The zero-order valence-corrected chi connectivity index (χ0v) is 12.0. The lowest BCUT2D eigenvalue weighted by Gasteiger charge is -2.31. The quantitative estimate of drug-likeness (QED) is 0.548. The molecule has 3 nitrogen and oxygen atoms in total. The average molecular weight is 244 g/mol. The first kappa shape index (κ1) is 16.9. The van der Waals surface area contributed by atoms with Crippen molar-refractivity contribution in [2.45, 2.75) is 52.9 Å². The molecular weight excluding hydrogens is 212 g/mol. The minimum Gasteiger partial charge on any atom is -0.396 e. The van der Waals surface area contributed by atoms with Gasteiger partial charge in [0.1, 0.15) is 0 Å². The normalized spacial score (nSPS) is 12.4. The van der Waals surface area contributed by atoms with Crippen LogP contribution >= 0.6 is 0 Å². The van der Waals surface area contributed by atoms with E-state index in [1.165, 1.54) is 32.4 Å². The van der Waals surface area contributed by atoms with E-state index < -0.39 is 0 Å². The predicted molar refractivity (Wildman–Crippen MR) is 75.1 cm³/mol. The third-order valence-electron chi connectivity index (χ3n) is 3.13. The third-order valence-corrected chi connectivity index (χ3v) is 3.13. The Balaban J connectivity index is 3.82. The van der Waals surface area contributed by atoms with Gasteiger partial charge in [-0.15, -0.1) is 0 Å². The van der Waals surface area contributed by atoms with E-state index in [-0.39, 0.29) is 5.41 Å². The Bertz CT molecular complexity index is 172. The molecule has 0 aromatic carbocycles. The summed E-state index contributed by atoms with van der Waals surface area (Å²) < 4.78 is 0. The van der Waals surface area contributed by atoms with Gasteiger partial charge in [-0.05, 0) is 44.3 Å². The molecule has 0 bridgehead atoms. The second-order valence-corrected chi connectivity index (χ2v) is 5.78. The smallest absolute Gasteiger partial charge is 0.0431 e. The Hall–Kier alpha value is -0.120. The number of nitrogens with two attached hydrogens (primary N) is 1. The predicted octanol–water partition coefficient (Wildman–Crippen LogP) is 2.24. The molecule has 0 aliphatic carbocycles. The molecule has 0 aliphatic rings. The van der Waals surface area contributed by atoms with Crippen LogP contribution in [0.25, 0.3) is 0 Å². The minimum absolute atomic E-state index is 0.222. The van der Waals surface area contributed by atoms with Crippen molar-refractivity contribution in [2.75, 3.05) is 32.8 Å². The van der Waals surface area contributed by atoms with Gasteiger partial charge in [0.15, 0.2) is 0 Å². The highest BCUT2D eigenvalue weighted by atomic mass is 16.2. The van der Waals surface area contributed by atoms with Crippen LogP contribution in [-0.2, 0) is 0 Å². The third kappa shape index (κ3) is 9.57. The molecule has 0 saturated carbocycles. The number of nitrogens with zero attached hydrogens (tertiary/aromatic N) is 1. The van der Waals surface area contributed by atoms with Crippen LogP contribution in [0.1, 0.15) is 52.9 Å². The highest BCUT2D eigenvalue weighted by Crippen LogP contribution is 2.15. The van der Waals surface area contributed by atoms with Crippen molar-refractivity contribution in [3.63, 3.8) is 0 Å². The molecule has 3 N–H and O–H groups in total. The van der Waals surface area contributed by atoms with Crippen molar-refractivity contribution >= 4 is 0 Å². The fourth-order valence-corrected chi connectivity index (χ4v) is 2.06. The zero-order chi connectivity index (χ0) is 13.1. The molecule has 0 amide bonds. The summed E-state index contributed by atoms with van der Waals surface area (Å²) in [5.41, 5.74) is 6.01. The summed E-state index contributed by atoms with van der Waals surface area (Å²) in [7, 11) is 0. The van der Waals surface area contributed by atoms with E-state index >= 15 is 0 Å². The first-order valence-electron chi connectivity index (χ1n) is 7.09. The fourth-order valence-electron chi connectivity index (χ4n) is 2.06. The summed E-state index contributed by atoms with van der Waals surface area (Å²) >= 11 is 0. The molecule has 3 heteroatoms. The van der Waals surface area contributed by atoms with Gasteiger partial charge in [-0.1, -0.05) is 33.6 Å². The Kier molecular flexibility index (Phi) is 9.79. The van der Waals surface area contributed by atoms with Crippen LogP contribution in [-0.4, -0.2) is 42.8 Å². The molecular formula is C14H32N2O. The summed E-state index contributed by atoms with van der Waals surface area (Å²) in [6, 6.07) is 0. The fraction of sp³-hybridized carbons (Fsp3) is 1.00. The molecule has 0 fully saturated rings. The van der Waals surface area contributed by atoms with E-state index in [1.807, 2.05) is 0 Å². The summed E-state index contributed by atoms with van der Waals surface area (Å²) in [6.45, 7) is 11.2. The molecule has 0 aromatic heterocycles. The van der Waals surface area contributed by atoms with Crippen LogP contribution in [0.15, 0.2) is 0 Å². The maximum Gasteiger partial charge on any atom is 0.0431 e. The van der Waals surface area contributed by atoms with E-state index in [2.05, 4.69) is 25.7 Å². The lowest BCUT2D eigenvalue weighted by Crippen LogP contribution is -2.39. The van der Waals surface area contributed by atoms with Crippen molar-refractivity contribution in [3.8, 4) is 0 Å². The van der Waals surface area contributed by atoms with E-state index in [1.54, 1.807) is 0 Å². The van der Waals surface area contributed by atoms with Crippen LogP contribution in [0.2, 0.25) is 0 Å². The van der Waals surface area contributed by atoms with Crippen molar-refractivity contribution < 1.29 is 5.11 Å². The average Bonchev–Trinajstić information content (AvgIpc) is 2.28. The molecule has 0 aliphatic heterocycles. The highest BCUT2D eigenvalue weighted by molar-refractivity contribution is 4.74. The Morgan fingerprint density at radius 1 is 1.06 bits per heavy atom. The van der Waals surface area contributed by atoms with E-state index in [0.717, 1.165) is 25.9 Å². The first-order valence-corrected chi connectivity index (χ1v) is 7.09. The molecule has 0 atom stereocenters. The molecule has 104 valence electrons. The van der Waals surface area contributed by atoms with Crippen molar-refractivity contribution in [2.24, 2.45) is 11.1 Å². The molecule has 0 radical (unpaired) electrons. The first-order chi connectivity index (χ1) is 8.05. The maximum atomic E-state index is 8.72. The van der Waals surface area contributed by atoms with Gasteiger partial charge in [-0.25, -0.2) is 0 Å². The van der Waals surface area contributed by atoms with Gasteiger partial charge in [0.05, 0.1) is 0 Å². The van der Waals surface area contributed by atoms with Gasteiger partial charge in [-0.3, -0.25) is 0 Å². The number of aliphatic hydroxyl groups is 1. The summed E-state index contributed by atoms with van der Waals surface area (Å²) in [4.78, 5) is 2.53. The van der Waals surface area contributed by atoms with E-state index in [9.17, 15) is 0 Å². The number of unbranched alkanes of at least 4 members (excludes halogenated alkanes) is 3. The van der Waals surface area contributed by atoms with Gasteiger partial charge in [0.2, 0.25) is 0 Å². The van der Waals surface area contributed by atoms with Crippen molar-refractivity contribution in [1.29, 1.82) is 0 Å². The molecule has 0 spiro atoms. The summed E-state index contributed by atoms with van der Waals surface area (Å²) in [5, 5.41) is 8.72. The standard InChI is InChI=1S/C14H32N2O/c1-4-9-16(13-14(2,3)12-15)10-7-5-6-8-11-17/h17H,4-13,15H2,1-3H3. The Labute approximate surface area is 107 Å². The Morgan fingerprint density at radius 2 is 1.71 bits per heavy atom. The van der Waals surface area contributed by atoms with Crippen LogP contribution in [0, 0.1) is 5.41 Å². The zero-order valence-electron chi connectivity index (χ0n) is 12.0. The lowest BCUT2D eigenvalue weighted by atomic mass is 9.93. The van der Waals surface area contributed by atoms with Gasteiger partial charge in [0.25, 0.3) is 0 Å². The van der Waals surface area contributed by atoms with Gasteiger partial charge >= 0.3 is 0 Å². The van der Waals surface area contributed by atoms with Crippen molar-refractivity contribution in [3.05, 3.63) is 0 Å². The van der Waals surface area contributed by atoms with Crippen LogP contribution in [0.5, 0.6) is 0 Å². The molecule has 0 unspecified atom stereocenters. The molecule has 0 aromatic rings. The number of aliphatic hydroxyl groups excluding tert-OH is 1. The van der Waals surface area contributed by atoms with E-state index in [4.69, 9.17) is 10.8 Å². The topological polar surface area (TPSA) is 49.5 Å². The van der Waals surface area contributed by atoms with E-state index in [0.29, 0.717) is 6.61 Å². The SMILES string of the molecule is CCCN(CCCCCCO)CC(C)(C)CN. The minimum atomic E-state index is 0.222.